The lowest BCUT2D eigenvalue weighted by Crippen LogP contribution is -2.23. The van der Waals surface area contributed by atoms with Gasteiger partial charge in [-0.15, -0.1) is 0 Å². The lowest BCUT2D eigenvalue weighted by atomic mass is 10.0. The summed E-state index contributed by atoms with van der Waals surface area (Å²) in [6.07, 6.45) is 1.38. The molecule has 0 saturated heterocycles. The molecule has 0 unspecified atom stereocenters. The minimum absolute atomic E-state index is 0.214. The van der Waals surface area contributed by atoms with E-state index in [-0.39, 0.29) is 5.78 Å². The van der Waals surface area contributed by atoms with Crippen LogP contribution < -0.4 is 4.74 Å². The predicted octanol–water partition coefficient (Wildman–Crippen LogP) is 2.06. The summed E-state index contributed by atoms with van der Waals surface area (Å²) < 4.78 is 6.63. The SMILES string of the molecule is CN(C)CC(=O)Cc1cc(Br)cc2c1OCC2. The van der Waals surface area contributed by atoms with Crippen LogP contribution in [0, 0.1) is 0 Å². The molecule has 1 aliphatic heterocycles. The molecule has 0 atom stereocenters. The Labute approximate surface area is 110 Å². The number of halogens is 1. The minimum Gasteiger partial charge on any atom is -0.493 e. The molecular weight excluding hydrogens is 282 g/mol. The van der Waals surface area contributed by atoms with E-state index in [1.165, 1.54) is 5.56 Å². The van der Waals surface area contributed by atoms with E-state index in [1.807, 2.05) is 25.1 Å². The van der Waals surface area contributed by atoms with E-state index in [9.17, 15) is 4.79 Å². The topological polar surface area (TPSA) is 29.5 Å². The number of Topliss-reactive ketones (excluding diaryl/α,β-unsaturated/α-hetero) is 1. The van der Waals surface area contributed by atoms with Gasteiger partial charge in [0.15, 0.2) is 5.78 Å². The van der Waals surface area contributed by atoms with E-state index in [0.29, 0.717) is 13.0 Å². The van der Waals surface area contributed by atoms with Gasteiger partial charge in [0.25, 0.3) is 0 Å². The molecule has 2 rings (SSSR count). The molecule has 0 spiro atoms. The summed E-state index contributed by atoms with van der Waals surface area (Å²) in [4.78, 5) is 13.7. The maximum Gasteiger partial charge on any atom is 0.151 e. The average Bonchev–Trinajstić information content (AvgIpc) is 2.63. The molecule has 0 saturated carbocycles. The maximum atomic E-state index is 11.8. The van der Waals surface area contributed by atoms with Gasteiger partial charge in [0.1, 0.15) is 5.75 Å². The van der Waals surface area contributed by atoms with E-state index in [2.05, 4.69) is 22.0 Å². The molecule has 17 heavy (non-hydrogen) atoms. The van der Waals surface area contributed by atoms with Crippen molar-refractivity contribution >= 4 is 21.7 Å². The first kappa shape index (κ1) is 12.6. The van der Waals surface area contributed by atoms with Crippen LogP contribution in [0.4, 0.5) is 0 Å². The Kier molecular flexibility index (Phi) is 3.84. The zero-order valence-corrected chi connectivity index (χ0v) is 11.7. The Morgan fingerprint density at radius 1 is 1.47 bits per heavy atom. The van der Waals surface area contributed by atoms with Crippen LogP contribution >= 0.6 is 15.9 Å². The number of rotatable bonds is 4. The summed E-state index contributed by atoms with van der Waals surface area (Å²) in [7, 11) is 3.81. The highest BCUT2D eigenvalue weighted by Crippen LogP contribution is 2.33. The molecule has 3 nitrogen and oxygen atoms in total. The number of ketones is 1. The second-order valence-corrected chi connectivity index (χ2v) is 5.52. The van der Waals surface area contributed by atoms with E-state index in [1.54, 1.807) is 0 Å². The smallest absolute Gasteiger partial charge is 0.151 e. The van der Waals surface area contributed by atoms with Gasteiger partial charge in [0.2, 0.25) is 0 Å². The largest absolute Gasteiger partial charge is 0.493 e. The molecule has 1 heterocycles. The number of benzene rings is 1. The number of carbonyl (C=O) groups excluding carboxylic acids is 1. The first-order chi connectivity index (χ1) is 8.06. The van der Waals surface area contributed by atoms with Gasteiger partial charge < -0.3 is 9.64 Å². The summed E-state index contributed by atoms with van der Waals surface area (Å²) in [5.74, 6) is 1.13. The van der Waals surface area contributed by atoms with Crippen molar-refractivity contribution in [3.63, 3.8) is 0 Å². The van der Waals surface area contributed by atoms with E-state index in [4.69, 9.17) is 4.74 Å². The number of fused-ring (bicyclic) bond motifs is 1. The second kappa shape index (κ2) is 5.19. The van der Waals surface area contributed by atoms with Crippen LogP contribution in [0.5, 0.6) is 5.75 Å². The Morgan fingerprint density at radius 3 is 2.94 bits per heavy atom. The van der Waals surface area contributed by atoms with E-state index < -0.39 is 0 Å². The van der Waals surface area contributed by atoms with Gasteiger partial charge in [-0.05, 0) is 31.8 Å². The van der Waals surface area contributed by atoms with E-state index >= 15 is 0 Å². The van der Waals surface area contributed by atoms with Crippen LogP contribution in [0.15, 0.2) is 16.6 Å². The van der Waals surface area contributed by atoms with Crippen molar-refractivity contribution in [3.05, 3.63) is 27.7 Å². The molecule has 4 heteroatoms. The zero-order chi connectivity index (χ0) is 12.4. The third-order valence-electron chi connectivity index (χ3n) is 2.71. The highest BCUT2D eigenvalue weighted by molar-refractivity contribution is 9.10. The van der Waals surface area contributed by atoms with Crippen molar-refractivity contribution in [2.24, 2.45) is 0 Å². The van der Waals surface area contributed by atoms with Crippen molar-refractivity contribution in [1.29, 1.82) is 0 Å². The summed E-state index contributed by atoms with van der Waals surface area (Å²) >= 11 is 3.48. The highest BCUT2D eigenvalue weighted by atomic mass is 79.9. The molecule has 1 aromatic carbocycles. The molecule has 0 aliphatic carbocycles. The van der Waals surface area contributed by atoms with Crippen LogP contribution in [0.3, 0.4) is 0 Å². The Hall–Kier alpha value is -0.870. The molecule has 0 N–H and O–H groups in total. The molecule has 0 fully saturated rings. The first-order valence-corrected chi connectivity index (χ1v) is 6.46. The van der Waals surface area contributed by atoms with Crippen molar-refractivity contribution < 1.29 is 9.53 Å². The summed E-state index contributed by atoms with van der Waals surface area (Å²) in [5.41, 5.74) is 2.20. The fourth-order valence-corrected chi connectivity index (χ4v) is 2.65. The minimum atomic E-state index is 0.214. The first-order valence-electron chi connectivity index (χ1n) is 5.67. The number of likely N-dealkylation sites (N-methyl/N-ethyl adjacent to an activating group) is 1. The second-order valence-electron chi connectivity index (χ2n) is 4.60. The number of ether oxygens (including phenoxy) is 1. The maximum absolute atomic E-state index is 11.8. The molecule has 0 radical (unpaired) electrons. The third-order valence-corrected chi connectivity index (χ3v) is 3.16. The zero-order valence-electron chi connectivity index (χ0n) is 10.1. The van der Waals surface area contributed by atoms with Gasteiger partial charge in [0.05, 0.1) is 13.2 Å². The van der Waals surface area contributed by atoms with Crippen molar-refractivity contribution in [2.45, 2.75) is 12.8 Å². The number of hydrogen-bond acceptors (Lipinski definition) is 3. The Morgan fingerprint density at radius 2 is 2.24 bits per heavy atom. The molecule has 0 amide bonds. The van der Waals surface area contributed by atoms with Gasteiger partial charge in [-0.2, -0.15) is 0 Å². The van der Waals surface area contributed by atoms with Crippen molar-refractivity contribution in [2.75, 3.05) is 27.2 Å². The lowest BCUT2D eigenvalue weighted by Gasteiger charge is -2.11. The van der Waals surface area contributed by atoms with Gasteiger partial charge >= 0.3 is 0 Å². The normalized spacial score (nSPS) is 13.6. The number of hydrogen-bond donors (Lipinski definition) is 0. The summed E-state index contributed by atoms with van der Waals surface area (Å²) in [5, 5.41) is 0. The fraction of sp³-hybridized carbons (Fsp3) is 0.462. The molecule has 1 aliphatic rings. The van der Waals surface area contributed by atoms with E-state index in [0.717, 1.165) is 28.8 Å². The van der Waals surface area contributed by atoms with Gasteiger partial charge in [-0.1, -0.05) is 15.9 Å². The quantitative estimate of drug-likeness (QED) is 0.852. The molecule has 92 valence electrons. The number of nitrogens with zero attached hydrogens (tertiary/aromatic N) is 1. The monoisotopic (exact) mass is 297 g/mol. The van der Waals surface area contributed by atoms with Gasteiger partial charge in [0, 0.05) is 22.9 Å². The molecular formula is C13H16BrNO2. The number of carbonyl (C=O) groups is 1. The average molecular weight is 298 g/mol. The van der Waals surface area contributed by atoms with Crippen LogP contribution in [0.25, 0.3) is 0 Å². The molecule has 0 bridgehead atoms. The fourth-order valence-electron chi connectivity index (χ4n) is 2.10. The molecule has 0 aromatic heterocycles. The predicted molar refractivity (Wildman–Crippen MR) is 70.6 cm³/mol. The summed E-state index contributed by atoms with van der Waals surface area (Å²) in [6, 6.07) is 4.06. The van der Waals surface area contributed by atoms with Crippen molar-refractivity contribution in [3.8, 4) is 5.75 Å². The lowest BCUT2D eigenvalue weighted by molar-refractivity contribution is -0.119. The highest BCUT2D eigenvalue weighted by Gasteiger charge is 2.19. The van der Waals surface area contributed by atoms with Gasteiger partial charge in [-0.3, -0.25) is 4.79 Å². The van der Waals surface area contributed by atoms with Gasteiger partial charge in [-0.25, -0.2) is 0 Å². The summed E-state index contributed by atoms with van der Waals surface area (Å²) in [6.45, 7) is 1.20. The van der Waals surface area contributed by atoms with Crippen LogP contribution in [0.2, 0.25) is 0 Å². The van der Waals surface area contributed by atoms with Crippen molar-refractivity contribution in [1.82, 2.24) is 4.90 Å². The van der Waals surface area contributed by atoms with Crippen LogP contribution in [0.1, 0.15) is 11.1 Å². The Bertz CT molecular complexity index is 443. The Balaban J connectivity index is 2.18. The van der Waals surface area contributed by atoms with Crippen LogP contribution in [-0.2, 0) is 17.6 Å². The molecule has 1 aromatic rings. The van der Waals surface area contributed by atoms with Crippen LogP contribution in [-0.4, -0.2) is 37.9 Å². The third kappa shape index (κ3) is 3.07. The standard InChI is InChI=1S/C13H16BrNO2/c1-15(2)8-12(16)7-10-6-11(14)5-9-3-4-17-13(9)10/h5-6H,3-4,7-8H2,1-2H3.